The number of likely N-dealkylation sites (tertiary alicyclic amines) is 1. The Balaban J connectivity index is 0.869. The lowest BCUT2D eigenvalue weighted by Gasteiger charge is -2.30. The number of thiazole rings is 1. The number of likely N-dealkylation sites (N-methyl/N-ethyl adjacent to an activating group) is 1. The van der Waals surface area contributed by atoms with Crippen molar-refractivity contribution in [3.05, 3.63) is 112 Å². The molecule has 2 amide bonds. The summed E-state index contributed by atoms with van der Waals surface area (Å²) in [5, 5.41) is 45.3. The first-order valence-corrected chi connectivity index (χ1v) is 27.8. The fourth-order valence-corrected chi connectivity index (χ4v) is 11.9. The molecule has 3 aliphatic rings. The molecule has 3 fully saturated rings. The monoisotopic (exact) mass is 1090 g/mol. The zero-order chi connectivity index (χ0) is 55.2. The highest BCUT2D eigenvalue weighted by molar-refractivity contribution is 7.13. The van der Waals surface area contributed by atoms with E-state index < -0.39 is 48.0 Å². The van der Waals surface area contributed by atoms with Crippen molar-refractivity contribution in [3.63, 3.8) is 0 Å². The molecule has 0 spiro atoms. The molecule has 5 N–H and O–H groups in total. The predicted molar refractivity (Wildman–Crippen MR) is 297 cm³/mol. The van der Waals surface area contributed by atoms with E-state index in [1.807, 2.05) is 76.3 Å². The van der Waals surface area contributed by atoms with Gasteiger partial charge in [0, 0.05) is 60.1 Å². The van der Waals surface area contributed by atoms with Gasteiger partial charge in [-0.3, -0.25) is 14.7 Å². The molecule has 1 saturated carbocycles. The number of nitrogens with one attached hydrogen (secondary N) is 3. The number of aromatic nitrogens is 8. The second kappa shape index (κ2) is 22.4. The van der Waals surface area contributed by atoms with E-state index in [9.17, 15) is 24.2 Å². The molecule has 0 radical (unpaired) electrons. The van der Waals surface area contributed by atoms with Crippen LogP contribution in [-0.4, -0.2) is 131 Å². The Morgan fingerprint density at radius 3 is 2.44 bits per heavy atom. The molecule has 8 aromatic rings. The lowest BCUT2D eigenvalue weighted by atomic mass is 9.88. The van der Waals surface area contributed by atoms with Gasteiger partial charge in [-0.1, -0.05) is 67.6 Å². The van der Waals surface area contributed by atoms with Crippen LogP contribution in [-0.2, 0) is 16.2 Å². The van der Waals surface area contributed by atoms with Gasteiger partial charge < -0.3 is 40.1 Å². The van der Waals surface area contributed by atoms with Crippen molar-refractivity contribution in [1.29, 1.82) is 0 Å². The summed E-state index contributed by atoms with van der Waals surface area (Å²) in [6.45, 7) is 9.90. The van der Waals surface area contributed by atoms with Crippen LogP contribution < -0.4 is 25.0 Å². The third-order valence-electron chi connectivity index (χ3n) is 15.5. The normalized spacial score (nSPS) is 18.6. The van der Waals surface area contributed by atoms with Crippen molar-refractivity contribution in [3.8, 4) is 44.6 Å². The number of aromatic amines is 1. The highest BCUT2D eigenvalue weighted by Gasteiger charge is 2.43. The smallest absolute Gasteiger partial charge is 0.319 e. The number of carbonyl (C=O) groups excluding carboxylic acids is 2. The summed E-state index contributed by atoms with van der Waals surface area (Å²) in [6, 6.07) is 16.3. The average Bonchev–Trinajstić information content (AvgIpc) is 4.23. The van der Waals surface area contributed by atoms with E-state index in [0.29, 0.717) is 50.5 Å². The predicted octanol–water partition coefficient (Wildman–Crippen LogP) is 8.31. The van der Waals surface area contributed by atoms with Crippen LogP contribution in [0.1, 0.15) is 92.4 Å². The van der Waals surface area contributed by atoms with Crippen molar-refractivity contribution >= 4 is 50.8 Å². The lowest BCUT2D eigenvalue weighted by molar-refractivity contribution is -0.142. The molecular weight excluding hydrogens is 1030 g/mol. The maximum atomic E-state index is 16.0. The molecule has 2 aliphatic heterocycles. The Labute approximate surface area is 459 Å². The minimum atomic E-state index is -1.28. The van der Waals surface area contributed by atoms with Gasteiger partial charge in [-0.05, 0) is 98.4 Å². The van der Waals surface area contributed by atoms with Gasteiger partial charge in [-0.25, -0.2) is 18.4 Å². The summed E-state index contributed by atoms with van der Waals surface area (Å²) < 4.78 is 44.9. The second-order valence-corrected chi connectivity index (χ2v) is 22.4. The summed E-state index contributed by atoms with van der Waals surface area (Å²) in [5.41, 5.74) is 10.1. The number of H-pyrrole nitrogens is 1. The highest BCUT2D eigenvalue weighted by Crippen LogP contribution is 2.53. The van der Waals surface area contributed by atoms with Crippen LogP contribution in [0, 0.1) is 25.6 Å². The Kier molecular flexibility index (Phi) is 15.1. The number of aliphatic hydroxyl groups is 2. The van der Waals surface area contributed by atoms with Crippen molar-refractivity contribution < 1.29 is 38.1 Å². The summed E-state index contributed by atoms with van der Waals surface area (Å²) >= 11 is 1.54. The van der Waals surface area contributed by atoms with Gasteiger partial charge in [0.15, 0.2) is 5.75 Å². The summed E-state index contributed by atoms with van der Waals surface area (Å²) in [5.74, 6) is -0.358. The molecule has 4 aromatic heterocycles. The van der Waals surface area contributed by atoms with Crippen LogP contribution in [0.5, 0.6) is 11.8 Å². The molecular formula is C58H64F2N12O6S. The minimum absolute atomic E-state index is 0.00115. The lowest BCUT2D eigenvalue weighted by Crippen LogP contribution is -2.50. The fraction of sp³-hybridized carbons (Fsp3) is 0.414. The number of ether oxygens (including phenoxy) is 2. The fourth-order valence-electron chi connectivity index (χ4n) is 11.1. The van der Waals surface area contributed by atoms with Crippen LogP contribution >= 0.6 is 11.3 Å². The number of fused-ring (bicyclic) bond motifs is 2. The molecule has 11 rings (SSSR count). The summed E-state index contributed by atoms with van der Waals surface area (Å²) in [4.78, 5) is 47.3. The zero-order valence-electron chi connectivity index (χ0n) is 44.9. The number of carbonyl (C=O) groups is 2. The Hall–Kier alpha value is -7.46. The summed E-state index contributed by atoms with van der Waals surface area (Å²) in [6.07, 6.45) is 3.99. The number of β-amino-alcohol motifs (C(OH)–C–C–N with tert-alkyl or cyclic N) is 1. The molecule has 18 nitrogen and oxygen atoms in total. The third-order valence-corrected chi connectivity index (χ3v) is 16.5. The van der Waals surface area contributed by atoms with Gasteiger partial charge in [0.05, 0.1) is 52.7 Å². The molecule has 412 valence electrons. The van der Waals surface area contributed by atoms with Gasteiger partial charge in [-0.2, -0.15) is 15.1 Å². The number of hydrogen-bond acceptors (Lipinski definition) is 15. The Morgan fingerprint density at radius 1 is 0.987 bits per heavy atom. The number of halogens is 2. The number of hydrogen-bond donors (Lipinski definition) is 5. The highest BCUT2D eigenvalue weighted by atomic mass is 32.1. The molecule has 21 heteroatoms. The standard InChI is InChI=1S/C58H64F2N12O6S/c1-30(2)52(57(76)71-24-40(74)19-48(71)56(75)64-47(26-73)37-13-15-38(16-14-37)54-33(5)62-29-79-54)72-25-46(68-69-72)36-9-7-34(8-10-36)28-77-53-50(49-32(4)44(60)21-45-43(49)23-63-67-45)41(35-11-12-35)20-42-51(53)65-58(78-27-31(3)59)66-55(42)70(6)39-17-18-61-22-39/h7-10,13-16,20-21,23,25,29-31,35,39-40,47-48,52,61,73-74H,11-12,17-19,22,24,26-28H2,1-6H3,(H,63,67)(H,64,75)/t31-,39+,40-,47+,48+,52+/m1/s1. The number of amides is 2. The molecule has 6 atom stereocenters. The maximum Gasteiger partial charge on any atom is 0.319 e. The van der Waals surface area contributed by atoms with Crippen molar-refractivity contribution in [2.45, 2.75) is 109 Å². The topological polar surface area (TPSA) is 222 Å². The van der Waals surface area contributed by atoms with Gasteiger partial charge in [-0.15, -0.1) is 16.4 Å². The molecule has 79 heavy (non-hydrogen) atoms. The second-order valence-electron chi connectivity index (χ2n) is 21.5. The van der Waals surface area contributed by atoms with Crippen LogP contribution in [0.3, 0.4) is 0 Å². The minimum Gasteiger partial charge on any atom is -0.486 e. The van der Waals surface area contributed by atoms with E-state index in [0.717, 1.165) is 75.9 Å². The third kappa shape index (κ3) is 10.8. The maximum absolute atomic E-state index is 16.0. The number of benzene rings is 4. The first-order valence-electron chi connectivity index (χ1n) is 26.9. The molecule has 0 unspecified atom stereocenters. The van der Waals surface area contributed by atoms with E-state index in [1.54, 1.807) is 24.8 Å². The number of rotatable bonds is 19. The number of nitrogens with zero attached hydrogens (tertiary/aromatic N) is 9. The van der Waals surface area contributed by atoms with Gasteiger partial charge >= 0.3 is 6.01 Å². The van der Waals surface area contributed by atoms with E-state index in [2.05, 4.69) is 47.1 Å². The Morgan fingerprint density at radius 2 is 1.76 bits per heavy atom. The van der Waals surface area contributed by atoms with E-state index >= 15 is 4.39 Å². The molecule has 1 aliphatic carbocycles. The first-order chi connectivity index (χ1) is 38.1. The average molecular weight is 1100 g/mol. The number of aryl methyl sites for hydroxylation is 1. The van der Waals surface area contributed by atoms with Gasteiger partial charge in [0.1, 0.15) is 54.3 Å². The first kappa shape index (κ1) is 53.5. The van der Waals surface area contributed by atoms with Crippen molar-refractivity contribution in [1.82, 2.24) is 55.7 Å². The van der Waals surface area contributed by atoms with Crippen LogP contribution in [0.2, 0.25) is 0 Å². The van der Waals surface area contributed by atoms with Gasteiger partial charge in [0.2, 0.25) is 11.8 Å². The van der Waals surface area contributed by atoms with Crippen LogP contribution in [0.4, 0.5) is 14.6 Å². The van der Waals surface area contributed by atoms with Gasteiger partial charge in [0.25, 0.3) is 0 Å². The van der Waals surface area contributed by atoms with Crippen LogP contribution in [0.15, 0.2) is 78.6 Å². The number of anilines is 1. The zero-order valence-corrected chi connectivity index (χ0v) is 45.7. The quantitative estimate of drug-likeness (QED) is 0.0514. The molecule has 4 aromatic carbocycles. The van der Waals surface area contributed by atoms with E-state index in [4.69, 9.17) is 19.4 Å². The summed E-state index contributed by atoms with van der Waals surface area (Å²) in [7, 11) is 2.00. The van der Waals surface area contributed by atoms with Crippen LogP contribution in [0.25, 0.3) is 54.6 Å². The number of alkyl halides is 1. The van der Waals surface area contributed by atoms with Crippen molar-refractivity contribution in [2.24, 2.45) is 5.92 Å². The largest absolute Gasteiger partial charge is 0.486 e. The molecule has 2 saturated heterocycles. The van der Waals surface area contributed by atoms with E-state index in [-0.39, 0.29) is 56.7 Å². The van der Waals surface area contributed by atoms with Crippen molar-refractivity contribution in [2.75, 3.05) is 44.8 Å². The van der Waals surface area contributed by atoms with E-state index in [1.165, 1.54) is 33.9 Å². The SMILES string of the molecule is Cc1ncsc1-c1ccc([C@H](CO)NC(=O)[C@@H]2C[C@@H](O)CN2C(=O)[C@H](C(C)C)n2cc(-c3ccc(COc4c(-c5c(C)c(F)cc6[nH]ncc56)c(C5CC5)cc5c(N(C)[C@H]6CCNC6)nc(OC[C@@H](C)F)nc45)cc3)nn2)cc1. The number of aliphatic hydroxyl groups excluding tert-OH is 2. The molecule has 6 heterocycles. The Bertz CT molecular complexity index is 3520. The molecule has 0 bridgehead atoms.